The summed E-state index contributed by atoms with van der Waals surface area (Å²) < 4.78 is 5.73. The van der Waals surface area contributed by atoms with E-state index in [2.05, 4.69) is 22.3 Å². The van der Waals surface area contributed by atoms with Crippen LogP contribution in [0.3, 0.4) is 0 Å². The molecule has 0 fully saturated rings. The van der Waals surface area contributed by atoms with Gasteiger partial charge in [0.1, 0.15) is 11.9 Å². The number of nitrogen functional groups attached to an aromatic ring is 1. The Labute approximate surface area is 108 Å². The van der Waals surface area contributed by atoms with Crippen LogP contribution < -0.4 is 11.3 Å². The summed E-state index contributed by atoms with van der Waals surface area (Å²) >= 11 is 0. The SMILES string of the molecule is CCCC(OCC)c1nc2c(c(NN)n1)CCC2. The van der Waals surface area contributed by atoms with Crippen molar-refractivity contribution in [2.75, 3.05) is 12.0 Å². The van der Waals surface area contributed by atoms with Gasteiger partial charge in [-0.2, -0.15) is 0 Å². The van der Waals surface area contributed by atoms with Crippen molar-refractivity contribution < 1.29 is 4.74 Å². The molecule has 5 nitrogen and oxygen atoms in total. The van der Waals surface area contributed by atoms with Crippen molar-refractivity contribution in [3.8, 4) is 0 Å². The van der Waals surface area contributed by atoms with E-state index >= 15 is 0 Å². The second-order valence-corrected chi connectivity index (χ2v) is 4.59. The fraction of sp³-hybridized carbons (Fsp3) is 0.692. The second kappa shape index (κ2) is 6.11. The molecule has 0 aliphatic heterocycles. The minimum absolute atomic E-state index is 0.0157. The molecule has 1 atom stereocenters. The molecule has 100 valence electrons. The summed E-state index contributed by atoms with van der Waals surface area (Å²) in [5.41, 5.74) is 5.01. The molecule has 3 N–H and O–H groups in total. The second-order valence-electron chi connectivity index (χ2n) is 4.59. The fourth-order valence-electron chi connectivity index (χ4n) is 2.47. The van der Waals surface area contributed by atoms with Gasteiger partial charge in [0.25, 0.3) is 0 Å². The van der Waals surface area contributed by atoms with E-state index in [-0.39, 0.29) is 6.10 Å². The standard InChI is InChI=1S/C13H22N4O/c1-3-6-11(18-4-2)13-15-10-8-5-7-9(10)12(16-13)17-14/h11H,3-8,14H2,1-2H3,(H,15,16,17). The van der Waals surface area contributed by atoms with E-state index in [4.69, 9.17) is 10.6 Å². The van der Waals surface area contributed by atoms with Crippen LogP contribution in [0.2, 0.25) is 0 Å². The highest BCUT2D eigenvalue weighted by Gasteiger charge is 2.22. The Morgan fingerprint density at radius 1 is 1.33 bits per heavy atom. The molecule has 1 aliphatic rings. The van der Waals surface area contributed by atoms with Crippen LogP contribution in [-0.4, -0.2) is 16.6 Å². The average Bonchev–Trinajstić information content (AvgIpc) is 2.85. The first-order chi connectivity index (χ1) is 8.80. The van der Waals surface area contributed by atoms with Crippen molar-refractivity contribution in [2.45, 2.75) is 52.1 Å². The molecule has 2 rings (SSSR count). The monoisotopic (exact) mass is 250 g/mol. The van der Waals surface area contributed by atoms with Gasteiger partial charge in [0, 0.05) is 17.9 Å². The summed E-state index contributed by atoms with van der Waals surface area (Å²) in [6, 6.07) is 0. The molecule has 0 radical (unpaired) electrons. The highest BCUT2D eigenvalue weighted by molar-refractivity contribution is 5.48. The third-order valence-electron chi connectivity index (χ3n) is 3.29. The van der Waals surface area contributed by atoms with Gasteiger partial charge in [0.05, 0.1) is 0 Å². The lowest BCUT2D eigenvalue weighted by Crippen LogP contribution is -2.16. The maximum atomic E-state index is 5.73. The van der Waals surface area contributed by atoms with Gasteiger partial charge < -0.3 is 10.2 Å². The van der Waals surface area contributed by atoms with Gasteiger partial charge in [-0.3, -0.25) is 0 Å². The minimum Gasteiger partial charge on any atom is -0.371 e. The number of aryl methyl sites for hydroxylation is 1. The maximum Gasteiger partial charge on any atom is 0.159 e. The van der Waals surface area contributed by atoms with Crippen LogP contribution in [0, 0.1) is 0 Å². The zero-order valence-electron chi connectivity index (χ0n) is 11.2. The first-order valence-corrected chi connectivity index (χ1v) is 6.78. The third kappa shape index (κ3) is 2.62. The van der Waals surface area contributed by atoms with Gasteiger partial charge in [-0.05, 0) is 32.6 Å². The van der Waals surface area contributed by atoms with Crippen molar-refractivity contribution >= 4 is 5.82 Å². The van der Waals surface area contributed by atoms with E-state index in [0.29, 0.717) is 6.61 Å². The maximum absolute atomic E-state index is 5.73. The predicted molar refractivity (Wildman–Crippen MR) is 71.1 cm³/mol. The molecular weight excluding hydrogens is 228 g/mol. The summed E-state index contributed by atoms with van der Waals surface area (Å²) in [6.07, 6.45) is 5.15. The number of anilines is 1. The smallest absolute Gasteiger partial charge is 0.159 e. The number of nitrogens with zero attached hydrogens (tertiary/aromatic N) is 2. The molecule has 1 aromatic heterocycles. The van der Waals surface area contributed by atoms with E-state index in [0.717, 1.165) is 49.4 Å². The quantitative estimate of drug-likeness (QED) is 0.597. The van der Waals surface area contributed by atoms with E-state index < -0.39 is 0 Å². The Morgan fingerprint density at radius 2 is 2.17 bits per heavy atom. The number of nitrogens with one attached hydrogen (secondary N) is 1. The van der Waals surface area contributed by atoms with Gasteiger partial charge in [-0.15, -0.1) is 0 Å². The fourth-order valence-corrected chi connectivity index (χ4v) is 2.47. The van der Waals surface area contributed by atoms with Gasteiger partial charge in [-0.1, -0.05) is 13.3 Å². The molecule has 0 amide bonds. The number of rotatable bonds is 6. The van der Waals surface area contributed by atoms with Crippen LogP contribution in [0.15, 0.2) is 0 Å². The Hall–Kier alpha value is -1.20. The number of ether oxygens (including phenoxy) is 1. The minimum atomic E-state index is -0.0157. The predicted octanol–water partition coefficient (Wildman–Crippen LogP) is 2.13. The average molecular weight is 250 g/mol. The number of nitrogens with two attached hydrogens (primary N) is 1. The Balaban J connectivity index is 2.32. The summed E-state index contributed by atoms with van der Waals surface area (Å²) in [6.45, 7) is 4.82. The van der Waals surface area contributed by atoms with E-state index in [1.165, 1.54) is 5.56 Å². The van der Waals surface area contributed by atoms with Crippen molar-refractivity contribution in [3.05, 3.63) is 17.1 Å². The van der Waals surface area contributed by atoms with Gasteiger partial charge in [-0.25, -0.2) is 15.8 Å². The van der Waals surface area contributed by atoms with Gasteiger partial charge >= 0.3 is 0 Å². The molecule has 0 aromatic carbocycles. The van der Waals surface area contributed by atoms with Gasteiger partial charge in [0.15, 0.2) is 5.82 Å². The number of hydrogen-bond acceptors (Lipinski definition) is 5. The molecule has 0 saturated carbocycles. The van der Waals surface area contributed by atoms with E-state index in [1.807, 2.05) is 6.92 Å². The lowest BCUT2D eigenvalue weighted by Gasteiger charge is -2.17. The van der Waals surface area contributed by atoms with Gasteiger partial charge in [0.2, 0.25) is 0 Å². The molecule has 1 aromatic rings. The molecule has 0 saturated heterocycles. The lowest BCUT2D eigenvalue weighted by molar-refractivity contribution is 0.0493. The first-order valence-electron chi connectivity index (χ1n) is 6.78. The normalized spacial score (nSPS) is 15.5. The van der Waals surface area contributed by atoms with Crippen LogP contribution in [-0.2, 0) is 17.6 Å². The summed E-state index contributed by atoms with van der Waals surface area (Å²) in [7, 11) is 0. The van der Waals surface area contributed by atoms with Crippen LogP contribution in [0.25, 0.3) is 0 Å². The van der Waals surface area contributed by atoms with Crippen LogP contribution in [0.1, 0.15) is 56.3 Å². The van der Waals surface area contributed by atoms with Crippen LogP contribution in [0.5, 0.6) is 0 Å². The molecule has 0 bridgehead atoms. The number of hydrazine groups is 1. The van der Waals surface area contributed by atoms with E-state index in [9.17, 15) is 0 Å². The topological polar surface area (TPSA) is 73.1 Å². The van der Waals surface area contributed by atoms with Crippen LogP contribution in [0.4, 0.5) is 5.82 Å². The summed E-state index contributed by atoms with van der Waals surface area (Å²) in [5, 5.41) is 0. The van der Waals surface area contributed by atoms with Crippen molar-refractivity contribution in [3.63, 3.8) is 0 Å². The molecule has 5 heteroatoms. The molecular formula is C13H22N4O. The molecule has 0 spiro atoms. The lowest BCUT2D eigenvalue weighted by atomic mass is 10.1. The molecule has 18 heavy (non-hydrogen) atoms. The van der Waals surface area contributed by atoms with Crippen molar-refractivity contribution in [1.29, 1.82) is 0 Å². The number of fused-ring (bicyclic) bond motifs is 1. The van der Waals surface area contributed by atoms with Crippen molar-refractivity contribution in [1.82, 2.24) is 9.97 Å². The van der Waals surface area contributed by atoms with Crippen LogP contribution >= 0.6 is 0 Å². The first kappa shape index (κ1) is 13.2. The zero-order chi connectivity index (χ0) is 13.0. The van der Waals surface area contributed by atoms with Crippen molar-refractivity contribution in [2.24, 2.45) is 5.84 Å². The summed E-state index contributed by atoms with van der Waals surface area (Å²) in [4.78, 5) is 9.20. The highest BCUT2D eigenvalue weighted by atomic mass is 16.5. The number of hydrogen-bond donors (Lipinski definition) is 2. The van der Waals surface area contributed by atoms with E-state index in [1.54, 1.807) is 0 Å². The number of aromatic nitrogens is 2. The molecule has 1 unspecified atom stereocenters. The Morgan fingerprint density at radius 3 is 2.83 bits per heavy atom. The highest BCUT2D eigenvalue weighted by Crippen LogP contribution is 2.29. The molecule has 1 aliphatic carbocycles. The Kier molecular flexibility index (Phi) is 4.49. The molecule has 1 heterocycles. The summed E-state index contributed by atoms with van der Waals surface area (Å²) in [5.74, 6) is 7.10. The third-order valence-corrected chi connectivity index (χ3v) is 3.29. The Bertz CT molecular complexity index is 402. The zero-order valence-corrected chi connectivity index (χ0v) is 11.2. The largest absolute Gasteiger partial charge is 0.371 e.